The fourth-order valence-electron chi connectivity index (χ4n) is 4.57. The fraction of sp³-hybridized carbons (Fsp3) is 0.370. The van der Waals surface area contributed by atoms with Gasteiger partial charge in [-0.05, 0) is 68.2 Å². The van der Waals surface area contributed by atoms with Crippen molar-refractivity contribution in [1.29, 1.82) is 0 Å². The molecular weight excluding hydrogens is 456 g/mol. The van der Waals surface area contributed by atoms with Crippen molar-refractivity contribution in [2.45, 2.75) is 32.2 Å². The van der Waals surface area contributed by atoms with Crippen LogP contribution < -0.4 is 25.4 Å². The molecule has 2 aromatic carbocycles. The lowest BCUT2D eigenvalue weighted by Gasteiger charge is -2.26. The van der Waals surface area contributed by atoms with Gasteiger partial charge in [-0.25, -0.2) is 4.98 Å². The standard InChI is InChI=1S/C27H32N6O3/c1-35-24-17-21(8-9-23(24)36-15-5-14-33-12-3-2-4-13-33)31-27-28-11-10-25(32-27)30-20-7-6-19-18-29-26(34)22(19)16-20/h6-11,16-17H,2-5,12-15,18H2,1H3,(H,29,34)(H2,28,30,31,32). The van der Waals surface area contributed by atoms with Gasteiger partial charge in [-0.3, -0.25) is 4.79 Å². The van der Waals surface area contributed by atoms with Crippen LogP contribution in [0.3, 0.4) is 0 Å². The summed E-state index contributed by atoms with van der Waals surface area (Å²) >= 11 is 0. The second-order valence-corrected chi connectivity index (χ2v) is 9.04. The van der Waals surface area contributed by atoms with Crippen LogP contribution in [0.5, 0.6) is 11.5 Å². The van der Waals surface area contributed by atoms with Gasteiger partial charge in [0.05, 0.1) is 13.7 Å². The van der Waals surface area contributed by atoms with E-state index in [0.717, 1.165) is 35.7 Å². The molecule has 3 heterocycles. The molecule has 3 N–H and O–H groups in total. The molecule has 0 saturated carbocycles. The summed E-state index contributed by atoms with van der Waals surface area (Å²) in [5.41, 5.74) is 3.27. The van der Waals surface area contributed by atoms with Crippen LogP contribution in [0.1, 0.15) is 41.6 Å². The molecular formula is C27H32N6O3. The lowest BCUT2D eigenvalue weighted by atomic mass is 10.1. The van der Waals surface area contributed by atoms with Crippen LogP contribution in [-0.4, -0.2) is 54.1 Å². The third-order valence-electron chi connectivity index (χ3n) is 6.47. The Kier molecular flexibility index (Phi) is 7.47. The Morgan fingerprint density at radius 3 is 2.69 bits per heavy atom. The number of amides is 1. The Hall–Kier alpha value is -3.85. The van der Waals surface area contributed by atoms with Crippen molar-refractivity contribution >= 4 is 29.0 Å². The fourth-order valence-corrected chi connectivity index (χ4v) is 4.57. The zero-order valence-electron chi connectivity index (χ0n) is 20.5. The first-order valence-corrected chi connectivity index (χ1v) is 12.5. The second-order valence-electron chi connectivity index (χ2n) is 9.04. The number of aromatic nitrogens is 2. The maximum Gasteiger partial charge on any atom is 0.251 e. The number of nitrogens with one attached hydrogen (secondary N) is 3. The maximum absolute atomic E-state index is 11.9. The van der Waals surface area contributed by atoms with Gasteiger partial charge < -0.3 is 30.3 Å². The number of piperidine rings is 1. The monoisotopic (exact) mass is 488 g/mol. The Bertz CT molecular complexity index is 1210. The van der Waals surface area contributed by atoms with E-state index >= 15 is 0 Å². The molecule has 0 atom stereocenters. The minimum Gasteiger partial charge on any atom is -0.493 e. The minimum atomic E-state index is -0.0536. The van der Waals surface area contributed by atoms with E-state index in [0.29, 0.717) is 36.2 Å². The van der Waals surface area contributed by atoms with E-state index in [2.05, 4.69) is 30.8 Å². The summed E-state index contributed by atoms with van der Waals surface area (Å²) < 4.78 is 11.6. The van der Waals surface area contributed by atoms with Crippen molar-refractivity contribution in [2.75, 3.05) is 44.0 Å². The SMILES string of the molecule is COc1cc(Nc2nccc(Nc3ccc4c(c3)C(=O)NC4)n2)ccc1OCCCN1CCCCC1. The molecule has 9 nitrogen and oxygen atoms in total. The average molecular weight is 489 g/mol. The summed E-state index contributed by atoms with van der Waals surface area (Å²) in [6, 6.07) is 13.2. The molecule has 188 valence electrons. The first-order valence-electron chi connectivity index (χ1n) is 12.5. The van der Waals surface area contributed by atoms with Crippen LogP contribution in [0.25, 0.3) is 0 Å². The maximum atomic E-state index is 11.9. The number of methoxy groups -OCH3 is 1. The molecule has 1 aromatic heterocycles. The average Bonchev–Trinajstić information content (AvgIpc) is 3.28. The van der Waals surface area contributed by atoms with Crippen LogP contribution >= 0.6 is 0 Å². The van der Waals surface area contributed by atoms with E-state index in [1.807, 2.05) is 36.4 Å². The van der Waals surface area contributed by atoms with Gasteiger partial charge in [0, 0.05) is 42.3 Å². The number of anilines is 4. The number of hydrogen-bond donors (Lipinski definition) is 3. The zero-order valence-corrected chi connectivity index (χ0v) is 20.5. The van der Waals surface area contributed by atoms with Gasteiger partial charge in [-0.1, -0.05) is 12.5 Å². The lowest BCUT2D eigenvalue weighted by molar-refractivity contribution is 0.0966. The Balaban J connectivity index is 1.18. The molecule has 2 aliphatic heterocycles. The quantitative estimate of drug-likeness (QED) is 0.360. The summed E-state index contributed by atoms with van der Waals surface area (Å²) in [6.07, 6.45) is 6.63. The Morgan fingerprint density at radius 2 is 1.83 bits per heavy atom. The second kappa shape index (κ2) is 11.3. The number of ether oxygens (including phenoxy) is 2. The third-order valence-corrected chi connectivity index (χ3v) is 6.47. The summed E-state index contributed by atoms with van der Waals surface area (Å²) in [6.45, 7) is 4.70. The van der Waals surface area contributed by atoms with E-state index in [-0.39, 0.29) is 5.91 Å². The topological polar surface area (TPSA) is 101 Å². The van der Waals surface area contributed by atoms with Gasteiger partial charge in [-0.2, -0.15) is 4.98 Å². The van der Waals surface area contributed by atoms with Crippen molar-refractivity contribution in [1.82, 2.24) is 20.2 Å². The molecule has 9 heteroatoms. The lowest BCUT2D eigenvalue weighted by Crippen LogP contribution is -2.31. The number of rotatable bonds is 10. The van der Waals surface area contributed by atoms with Crippen LogP contribution in [0, 0.1) is 0 Å². The predicted molar refractivity (Wildman–Crippen MR) is 140 cm³/mol. The highest BCUT2D eigenvalue weighted by molar-refractivity contribution is 5.99. The molecule has 0 bridgehead atoms. The normalized spacial score (nSPS) is 15.2. The summed E-state index contributed by atoms with van der Waals surface area (Å²) in [7, 11) is 1.64. The molecule has 36 heavy (non-hydrogen) atoms. The van der Waals surface area contributed by atoms with Crippen molar-refractivity contribution in [3.8, 4) is 11.5 Å². The molecule has 2 aliphatic rings. The van der Waals surface area contributed by atoms with E-state index in [1.165, 1.54) is 32.4 Å². The molecule has 0 radical (unpaired) electrons. The summed E-state index contributed by atoms with van der Waals surface area (Å²) in [4.78, 5) is 23.3. The van der Waals surface area contributed by atoms with Crippen molar-refractivity contribution in [2.24, 2.45) is 0 Å². The predicted octanol–water partition coefficient (Wildman–Crippen LogP) is 4.47. The van der Waals surface area contributed by atoms with E-state index in [9.17, 15) is 4.79 Å². The number of likely N-dealkylation sites (tertiary alicyclic amines) is 1. The third kappa shape index (κ3) is 5.85. The van der Waals surface area contributed by atoms with Gasteiger partial charge >= 0.3 is 0 Å². The van der Waals surface area contributed by atoms with Gasteiger partial charge in [0.15, 0.2) is 11.5 Å². The number of carbonyl (C=O) groups excluding carboxylic acids is 1. The van der Waals surface area contributed by atoms with Crippen molar-refractivity contribution in [3.05, 3.63) is 59.8 Å². The number of fused-ring (bicyclic) bond motifs is 1. The Labute approximate surface area is 211 Å². The summed E-state index contributed by atoms with van der Waals surface area (Å²) in [5, 5.41) is 9.30. The van der Waals surface area contributed by atoms with Crippen molar-refractivity contribution < 1.29 is 14.3 Å². The van der Waals surface area contributed by atoms with Gasteiger partial charge in [0.1, 0.15) is 5.82 Å². The highest BCUT2D eigenvalue weighted by Gasteiger charge is 2.18. The van der Waals surface area contributed by atoms with Crippen LogP contribution in [0.4, 0.5) is 23.1 Å². The summed E-state index contributed by atoms with van der Waals surface area (Å²) in [5.74, 6) is 2.38. The first kappa shape index (κ1) is 23.9. The first-order chi connectivity index (χ1) is 17.7. The zero-order chi connectivity index (χ0) is 24.7. The van der Waals surface area contributed by atoms with E-state index in [1.54, 1.807) is 19.4 Å². The number of hydrogen-bond acceptors (Lipinski definition) is 8. The number of nitrogens with zero attached hydrogens (tertiary/aromatic N) is 3. The van der Waals surface area contributed by atoms with E-state index < -0.39 is 0 Å². The van der Waals surface area contributed by atoms with E-state index in [4.69, 9.17) is 9.47 Å². The number of benzene rings is 2. The highest BCUT2D eigenvalue weighted by Crippen LogP contribution is 2.31. The van der Waals surface area contributed by atoms with Crippen LogP contribution in [-0.2, 0) is 6.54 Å². The van der Waals surface area contributed by atoms with Gasteiger partial charge in [0.25, 0.3) is 5.91 Å². The van der Waals surface area contributed by atoms with Gasteiger partial charge in [-0.15, -0.1) is 0 Å². The smallest absolute Gasteiger partial charge is 0.251 e. The molecule has 0 spiro atoms. The largest absolute Gasteiger partial charge is 0.493 e. The van der Waals surface area contributed by atoms with Crippen molar-refractivity contribution in [3.63, 3.8) is 0 Å². The molecule has 0 unspecified atom stereocenters. The van der Waals surface area contributed by atoms with Gasteiger partial charge in [0.2, 0.25) is 5.95 Å². The molecule has 3 aromatic rings. The molecule has 5 rings (SSSR count). The highest BCUT2D eigenvalue weighted by atomic mass is 16.5. The Morgan fingerprint density at radius 1 is 1.00 bits per heavy atom. The van der Waals surface area contributed by atoms with Crippen LogP contribution in [0.2, 0.25) is 0 Å². The van der Waals surface area contributed by atoms with Crippen LogP contribution in [0.15, 0.2) is 48.7 Å². The molecule has 1 amide bonds. The minimum absolute atomic E-state index is 0.0536. The molecule has 1 saturated heterocycles. The molecule has 1 fully saturated rings. The number of carbonyl (C=O) groups is 1. The molecule has 0 aliphatic carbocycles.